The van der Waals surface area contributed by atoms with E-state index in [2.05, 4.69) is 158 Å². The van der Waals surface area contributed by atoms with Crippen LogP contribution in [0.15, 0.2) is 103 Å². The molecular formula is C33H34N4. The van der Waals surface area contributed by atoms with E-state index in [-0.39, 0.29) is 12.3 Å². The van der Waals surface area contributed by atoms with Crippen molar-refractivity contribution in [3.8, 4) is 11.1 Å². The van der Waals surface area contributed by atoms with Crippen molar-refractivity contribution in [2.75, 3.05) is 26.6 Å². The van der Waals surface area contributed by atoms with Gasteiger partial charge in [0.25, 0.3) is 0 Å². The Hall–Kier alpha value is -4.18. The van der Waals surface area contributed by atoms with Crippen molar-refractivity contribution in [1.82, 2.24) is 0 Å². The highest BCUT2D eigenvalue weighted by Gasteiger charge is 2.32. The average Bonchev–Trinajstić information content (AvgIpc) is 3.41. The minimum Gasteiger partial charge on any atom is -0.353 e. The summed E-state index contributed by atoms with van der Waals surface area (Å²) in [5.41, 5.74) is 11.3. The second-order valence-corrected chi connectivity index (χ2v) is 10.2. The number of benzene rings is 4. The number of rotatable bonds is 4. The van der Waals surface area contributed by atoms with E-state index in [1.807, 2.05) is 0 Å². The molecule has 0 amide bonds. The van der Waals surface area contributed by atoms with Gasteiger partial charge in [-0.15, -0.1) is 0 Å². The van der Waals surface area contributed by atoms with Crippen LogP contribution in [0.4, 0.5) is 28.4 Å². The van der Waals surface area contributed by atoms with Gasteiger partial charge in [0, 0.05) is 36.5 Å². The lowest BCUT2D eigenvalue weighted by Crippen LogP contribution is -2.36. The van der Waals surface area contributed by atoms with Crippen molar-refractivity contribution in [2.24, 2.45) is 0 Å². The van der Waals surface area contributed by atoms with Gasteiger partial charge >= 0.3 is 0 Å². The molecule has 0 N–H and O–H groups in total. The Labute approximate surface area is 220 Å². The molecule has 0 fully saturated rings. The van der Waals surface area contributed by atoms with Gasteiger partial charge in [-0.05, 0) is 92.4 Å². The van der Waals surface area contributed by atoms with Crippen molar-refractivity contribution < 1.29 is 0 Å². The van der Waals surface area contributed by atoms with Gasteiger partial charge in [-0.25, -0.2) is 0 Å². The van der Waals surface area contributed by atoms with E-state index in [0.717, 1.165) is 0 Å². The minimum absolute atomic E-state index is 0.203. The smallest absolute Gasteiger partial charge is 0.107 e. The monoisotopic (exact) mass is 486 g/mol. The normalized spacial score (nSPS) is 18.6. The van der Waals surface area contributed by atoms with E-state index in [1.54, 1.807) is 0 Å². The Morgan fingerprint density at radius 2 is 1.22 bits per heavy atom. The van der Waals surface area contributed by atoms with Crippen LogP contribution in [0.1, 0.15) is 25.0 Å². The molecule has 37 heavy (non-hydrogen) atoms. The minimum atomic E-state index is 0.203. The maximum atomic E-state index is 2.45. The van der Waals surface area contributed by atoms with Crippen LogP contribution in [-0.4, -0.2) is 19.4 Å². The van der Waals surface area contributed by atoms with Crippen molar-refractivity contribution >= 4 is 28.4 Å². The summed E-state index contributed by atoms with van der Waals surface area (Å²) in [6, 6.07) is 33.0. The number of hydrogen-bond acceptors (Lipinski definition) is 4. The number of hydrogen-bond donors (Lipinski definition) is 0. The highest BCUT2D eigenvalue weighted by atomic mass is 15.4. The van der Waals surface area contributed by atoms with Crippen molar-refractivity contribution in [2.45, 2.75) is 40.0 Å². The highest BCUT2D eigenvalue weighted by Crippen LogP contribution is 2.44. The maximum absolute atomic E-state index is 2.45. The Morgan fingerprint density at radius 1 is 0.541 bits per heavy atom. The fraction of sp³-hybridized carbons (Fsp3) is 0.212. The molecule has 0 aromatic heterocycles. The molecule has 0 radical (unpaired) electrons. The third-order valence-electron chi connectivity index (χ3n) is 7.98. The second-order valence-electron chi connectivity index (χ2n) is 10.2. The Morgan fingerprint density at radius 3 is 1.97 bits per heavy atom. The third-order valence-corrected chi connectivity index (χ3v) is 7.98. The predicted octanol–water partition coefficient (Wildman–Crippen LogP) is 8.05. The van der Waals surface area contributed by atoms with E-state index in [9.17, 15) is 0 Å². The molecule has 2 atom stereocenters. The topological polar surface area (TPSA) is 13.0 Å². The van der Waals surface area contributed by atoms with E-state index in [0.29, 0.717) is 0 Å². The highest BCUT2D eigenvalue weighted by molar-refractivity contribution is 5.85. The summed E-state index contributed by atoms with van der Waals surface area (Å²) >= 11 is 0. The molecule has 4 heteroatoms. The Bertz CT molecular complexity index is 1490. The molecule has 0 unspecified atom stereocenters. The third kappa shape index (κ3) is 3.84. The first-order valence-corrected chi connectivity index (χ1v) is 13.1. The number of anilines is 5. The van der Waals surface area contributed by atoms with Gasteiger partial charge in [0.05, 0.1) is 11.4 Å². The lowest BCUT2D eigenvalue weighted by atomic mass is 10.0. The summed E-state index contributed by atoms with van der Waals surface area (Å²) in [5, 5.41) is 0. The summed E-state index contributed by atoms with van der Waals surface area (Å²) in [7, 11) is 2.17. The SMILES string of the molecule is Cc1ccccc1N1C=CN(c2cccc(-c3ccc(N4c5ccccc5N(C)[C@@H]4C)c(C)c3)c2)[C@@H]1C. The van der Waals surface area contributed by atoms with Gasteiger partial charge in [-0.3, -0.25) is 0 Å². The Balaban J connectivity index is 1.29. The Kier molecular flexibility index (Phi) is 5.68. The van der Waals surface area contributed by atoms with Crippen LogP contribution in [-0.2, 0) is 0 Å². The van der Waals surface area contributed by atoms with Crippen molar-refractivity contribution in [3.05, 3.63) is 115 Å². The molecule has 2 aliphatic rings. The fourth-order valence-corrected chi connectivity index (χ4v) is 5.79. The van der Waals surface area contributed by atoms with Gasteiger partial charge in [-0.1, -0.05) is 48.5 Å². The lowest BCUT2D eigenvalue weighted by molar-refractivity contribution is 0.732. The van der Waals surface area contributed by atoms with E-state index < -0.39 is 0 Å². The molecule has 186 valence electrons. The molecule has 0 bridgehead atoms. The van der Waals surface area contributed by atoms with Crippen molar-refractivity contribution in [1.29, 1.82) is 0 Å². The first-order chi connectivity index (χ1) is 17.9. The summed E-state index contributed by atoms with van der Waals surface area (Å²) in [5.74, 6) is 0. The first-order valence-electron chi connectivity index (χ1n) is 13.1. The average molecular weight is 487 g/mol. The molecular weight excluding hydrogens is 452 g/mol. The molecule has 2 heterocycles. The standard InChI is InChI=1S/C33H34N4/c1-23-11-6-7-14-30(23)36-20-19-35(26(36)4)29-13-10-12-27(22-29)28-17-18-31(24(2)21-28)37-25(3)34(5)32-15-8-9-16-33(32)37/h6-22,25-26H,1-5H3/t25-,26-/m0/s1. The van der Waals surface area contributed by atoms with Gasteiger partial charge in [0.2, 0.25) is 0 Å². The molecule has 4 nitrogen and oxygen atoms in total. The van der Waals surface area contributed by atoms with Crippen LogP contribution in [0.2, 0.25) is 0 Å². The van der Waals surface area contributed by atoms with Gasteiger partial charge < -0.3 is 19.6 Å². The maximum Gasteiger partial charge on any atom is 0.107 e. The molecule has 0 saturated carbocycles. The number of fused-ring (bicyclic) bond motifs is 1. The zero-order valence-corrected chi connectivity index (χ0v) is 22.3. The summed E-state index contributed by atoms with van der Waals surface area (Å²) < 4.78 is 0. The molecule has 4 aromatic rings. The molecule has 6 rings (SSSR count). The predicted molar refractivity (Wildman–Crippen MR) is 158 cm³/mol. The molecule has 4 aromatic carbocycles. The fourth-order valence-electron chi connectivity index (χ4n) is 5.79. The van der Waals surface area contributed by atoms with Crippen LogP contribution in [0.3, 0.4) is 0 Å². The molecule has 0 aliphatic carbocycles. The number of nitrogens with zero attached hydrogens (tertiary/aromatic N) is 4. The zero-order chi connectivity index (χ0) is 25.7. The zero-order valence-electron chi connectivity index (χ0n) is 22.3. The van der Waals surface area contributed by atoms with Gasteiger partial charge in [0.15, 0.2) is 0 Å². The van der Waals surface area contributed by atoms with Crippen molar-refractivity contribution in [3.63, 3.8) is 0 Å². The van der Waals surface area contributed by atoms with Crippen LogP contribution >= 0.6 is 0 Å². The van der Waals surface area contributed by atoms with Gasteiger partial charge in [-0.2, -0.15) is 0 Å². The molecule has 2 aliphatic heterocycles. The number of aryl methyl sites for hydroxylation is 2. The second kappa shape index (κ2) is 9.04. The summed E-state index contributed by atoms with van der Waals surface area (Å²) in [4.78, 5) is 9.47. The quantitative estimate of drug-likeness (QED) is 0.289. The van der Waals surface area contributed by atoms with Gasteiger partial charge in [0.1, 0.15) is 12.3 Å². The van der Waals surface area contributed by atoms with E-state index in [1.165, 1.54) is 50.7 Å². The summed E-state index contributed by atoms with van der Waals surface area (Å²) in [6.45, 7) is 8.91. The summed E-state index contributed by atoms with van der Waals surface area (Å²) in [6.07, 6.45) is 4.84. The number of para-hydroxylation sites is 3. The largest absolute Gasteiger partial charge is 0.353 e. The molecule has 0 saturated heterocycles. The first kappa shape index (κ1) is 23.2. The van der Waals surface area contributed by atoms with Crippen LogP contribution < -0.4 is 19.6 Å². The van der Waals surface area contributed by atoms with E-state index in [4.69, 9.17) is 0 Å². The van der Waals surface area contributed by atoms with Crippen LogP contribution in [0.25, 0.3) is 11.1 Å². The van der Waals surface area contributed by atoms with Crippen LogP contribution in [0, 0.1) is 13.8 Å². The lowest BCUT2D eigenvalue weighted by Gasteiger charge is -2.31. The molecule has 0 spiro atoms. The van der Waals surface area contributed by atoms with E-state index >= 15 is 0 Å². The van der Waals surface area contributed by atoms with Crippen LogP contribution in [0.5, 0.6) is 0 Å².